The van der Waals surface area contributed by atoms with Gasteiger partial charge in [0.1, 0.15) is 18.2 Å². The number of nitrogens with one attached hydrogen (secondary N) is 1. The molecule has 0 spiro atoms. The van der Waals surface area contributed by atoms with Crippen molar-refractivity contribution in [3.05, 3.63) is 17.6 Å². The highest BCUT2D eigenvalue weighted by molar-refractivity contribution is 5.81. The number of ether oxygens (including phenoxy) is 1. The van der Waals surface area contributed by atoms with E-state index < -0.39 is 0 Å². The monoisotopic (exact) mass is 316 g/mol. The average Bonchev–Trinajstić information content (AvgIpc) is 2.97. The Kier molecular flexibility index (Phi) is 4.16. The molecule has 1 aliphatic carbocycles. The van der Waals surface area contributed by atoms with Crippen LogP contribution in [-0.4, -0.2) is 52.6 Å². The third kappa shape index (κ3) is 3.04. The van der Waals surface area contributed by atoms with Crippen LogP contribution in [0, 0.1) is 0 Å². The molecule has 4 rings (SSSR count). The van der Waals surface area contributed by atoms with Gasteiger partial charge < -0.3 is 15.0 Å². The molecule has 2 fully saturated rings. The molecule has 1 saturated heterocycles. The van der Waals surface area contributed by atoms with Crippen molar-refractivity contribution in [3.8, 4) is 0 Å². The molecule has 1 amide bonds. The molecular weight excluding hydrogens is 292 g/mol. The van der Waals surface area contributed by atoms with Gasteiger partial charge in [-0.05, 0) is 38.5 Å². The number of aromatic nitrogens is 2. The molecule has 124 valence electrons. The third-order valence-electron chi connectivity index (χ3n) is 5.25. The fourth-order valence-electron chi connectivity index (χ4n) is 3.59. The number of anilines is 1. The molecule has 23 heavy (non-hydrogen) atoms. The van der Waals surface area contributed by atoms with Crippen molar-refractivity contribution in [1.29, 1.82) is 0 Å². The molecule has 1 saturated carbocycles. The summed E-state index contributed by atoms with van der Waals surface area (Å²) in [4.78, 5) is 23.4. The summed E-state index contributed by atoms with van der Waals surface area (Å²) in [6, 6.07) is 0.557. The van der Waals surface area contributed by atoms with E-state index in [1.807, 2.05) is 4.90 Å². The number of rotatable bonds is 3. The average molecular weight is 316 g/mol. The van der Waals surface area contributed by atoms with Crippen LogP contribution in [0.25, 0.3) is 0 Å². The standard InChI is InChI=1S/C17H24N4O2/c22-17(15-5-2-10-23-15)21-8-6-13-14(7-9-21)18-11-19-16(13)20-12-3-1-4-12/h11-12,15H,1-10H2,(H,18,19,20). The zero-order valence-electron chi connectivity index (χ0n) is 13.5. The van der Waals surface area contributed by atoms with Crippen molar-refractivity contribution < 1.29 is 9.53 Å². The molecule has 0 bridgehead atoms. The molecule has 3 heterocycles. The van der Waals surface area contributed by atoms with Crippen molar-refractivity contribution in [2.24, 2.45) is 0 Å². The van der Waals surface area contributed by atoms with Gasteiger partial charge in [0.05, 0.1) is 5.69 Å². The number of hydrogen-bond donors (Lipinski definition) is 1. The second kappa shape index (κ2) is 6.43. The summed E-state index contributed by atoms with van der Waals surface area (Å²) in [5, 5.41) is 3.55. The van der Waals surface area contributed by atoms with Gasteiger partial charge in [0.25, 0.3) is 5.91 Å². The first-order valence-corrected chi connectivity index (χ1v) is 8.81. The van der Waals surface area contributed by atoms with Gasteiger partial charge in [-0.25, -0.2) is 9.97 Å². The van der Waals surface area contributed by atoms with Crippen LogP contribution in [0.15, 0.2) is 6.33 Å². The second-order valence-electron chi connectivity index (χ2n) is 6.75. The topological polar surface area (TPSA) is 67.3 Å². The first kappa shape index (κ1) is 14.9. The number of carbonyl (C=O) groups excluding carboxylic acids is 1. The van der Waals surface area contributed by atoms with Crippen LogP contribution in [0.4, 0.5) is 5.82 Å². The molecule has 3 aliphatic rings. The van der Waals surface area contributed by atoms with E-state index in [1.54, 1.807) is 6.33 Å². The Labute approximate surface area is 136 Å². The molecule has 1 N–H and O–H groups in total. The van der Waals surface area contributed by atoms with Gasteiger partial charge >= 0.3 is 0 Å². The smallest absolute Gasteiger partial charge is 0.251 e. The summed E-state index contributed by atoms with van der Waals surface area (Å²) in [6.07, 6.45) is 8.65. The highest BCUT2D eigenvalue weighted by atomic mass is 16.5. The van der Waals surface area contributed by atoms with Crippen LogP contribution >= 0.6 is 0 Å². The van der Waals surface area contributed by atoms with Crippen molar-refractivity contribution in [1.82, 2.24) is 14.9 Å². The Balaban J connectivity index is 1.47. The molecule has 1 unspecified atom stereocenters. The van der Waals surface area contributed by atoms with Gasteiger partial charge in [-0.15, -0.1) is 0 Å². The van der Waals surface area contributed by atoms with Crippen LogP contribution in [0.1, 0.15) is 43.4 Å². The normalized spacial score (nSPS) is 24.7. The van der Waals surface area contributed by atoms with Crippen LogP contribution in [0.2, 0.25) is 0 Å². The molecular formula is C17H24N4O2. The minimum atomic E-state index is -0.227. The van der Waals surface area contributed by atoms with Gasteiger partial charge in [0.2, 0.25) is 0 Å². The van der Waals surface area contributed by atoms with Crippen molar-refractivity contribution in [2.75, 3.05) is 25.0 Å². The maximum absolute atomic E-state index is 12.6. The van der Waals surface area contributed by atoms with E-state index in [0.717, 1.165) is 50.3 Å². The predicted octanol–water partition coefficient (Wildman–Crippen LogP) is 1.55. The number of hydrogen-bond acceptors (Lipinski definition) is 5. The van der Waals surface area contributed by atoms with Gasteiger partial charge in [0, 0.05) is 37.7 Å². The number of nitrogens with zero attached hydrogens (tertiary/aromatic N) is 3. The number of carbonyl (C=O) groups is 1. The van der Waals surface area contributed by atoms with Crippen LogP contribution in [0.3, 0.4) is 0 Å². The molecule has 0 aromatic carbocycles. The van der Waals surface area contributed by atoms with Gasteiger partial charge in [-0.3, -0.25) is 4.79 Å². The largest absolute Gasteiger partial charge is 0.368 e. The van der Waals surface area contributed by atoms with E-state index in [1.165, 1.54) is 24.8 Å². The molecule has 1 atom stereocenters. The SMILES string of the molecule is O=C(C1CCCO1)N1CCc2ncnc(NC3CCC3)c2CC1. The first-order valence-electron chi connectivity index (χ1n) is 8.81. The summed E-state index contributed by atoms with van der Waals surface area (Å²) in [7, 11) is 0. The first-order chi connectivity index (χ1) is 11.3. The maximum Gasteiger partial charge on any atom is 0.251 e. The lowest BCUT2D eigenvalue weighted by Crippen LogP contribution is -2.40. The lowest BCUT2D eigenvalue weighted by atomic mass is 9.93. The number of fused-ring (bicyclic) bond motifs is 1. The zero-order valence-corrected chi connectivity index (χ0v) is 13.5. The van der Waals surface area contributed by atoms with Crippen molar-refractivity contribution >= 4 is 11.7 Å². The van der Waals surface area contributed by atoms with Crippen LogP contribution < -0.4 is 5.32 Å². The Morgan fingerprint density at radius 1 is 1.17 bits per heavy atom. The minimum Gasteiger partial charge on any atom is -0.368 e. The number of amides is 1. The van der Waals surface area contributed by atoms with E-state index in [9.17, 15) is 4.79 Å². The lowest BCUT2D eigenvalue weighted by molar-refractivity contribution is -0.140. The molecule has 2 aliphatic heterocycles. The fourth-order valence-corrected chi connectivity index (χ4v) is 3.59. The zero-order chi connectivity index (χ0) is 15.6. The maximum atomic E-state index is 12.6. The molecule has 1 aromatic heterocycles. The minimum absolute atomic E-state index is 0.150. The highest BCUT2D eigenvalue weighted by Crippen LogP contribution is 2.27. The summed E-state index contributed by atoms with van der Waals surface area (Å²) in [6.45, 7) is 2.18. The fraction of sp³-hybridized carbons (Fsp3) is 0.706. The van der Waals surface area contributed by atoms with Crippen LogP contribution in [-0.2, 0) is 22.4 Å². The Morgan fingerprint density at radius 3 is 2.78 bits per heavy atom. The summed E-state index contributed by atoms with van der Waals surface area (Å²) >= 11 is 0. The van der Waals surface area contributed by atoms with E-state index in [0.29, 0.717) is 12.6 Å². The van der Waals surface area contributed by atoms with Crippen LogP contribution in [0.5, 0.6) is 0 Å². The predicted molar refractivity (Wildman–Crippen MR) is 86.3 cm³/mol. The Bertz CT molecular complexity index is 582. The summed E-state index contributed by atoms with van der Waals surface area (Å²) in [5.74, 6) is 1.13. The lowest BCUT2D eigenvalue weighted by Gasteiger charge is -2.28. The van der Waals surface area contributed by atoms with Crippen molar-refractivity contribution in [3.63, 3.8) is 0 Å². The Morgan fingerprint density at radius 2 is 2.04 bits per heavy atom. The van der Waals surface area contributed by atoms with Gasteiger partial charge in [0.15, 0.2) is 0 Å². The summed E-state index contributed by atoms with van der Waals surface area (Å²) < 4.78 is 5.55. The van der Waals surface area contributed by atoms with Crippen molar-refractivity contribution in [2.45, 2.75) is 57.1 Å². The molecule has 0 radical (unpaired) electrons. The summed E-state index contributed by atoms with van der Waals surface area (Å²) in [5.41, 5.74) is 2.28. The van der Waals surface area contributed by atoms with E-state index in [-0.39, 0.29) is 12.0 Å². The highest BCUT2D eigenvalue weighted by Gasteiger charge is 2.30. The quantitative estimate of drug-likeness (QED) is 0.916. The van der Waals surface area contributed by atoms with E-state index >= 15 is 0 Å². The molecule has 1 aromatic rings. The third-order valence-corrected chi connectivity index (χ3v) is 5.25. The van der Waals surface area contributed by atoms with E-state index in [4.69, 9.17) is 4.74 Å². The van der Waals surface area contributed by atoms with Gasteiger partial charge in [-0.2, -0.15) is 0 Å². The molecule has 6 heteroatoms. The molecule has 6 nitrogen and oxygen atoms in total. The second-order valence-corrected chi connectivity index (χ2v) is 6.75. The van der Waals surface area contributed by atoms with E-state index in [2.05, 4.69) is 15.3 Å². The Hall–Kier alpha value is -1.69. The van der Waals surface area contributed by atoms with Gasteiger partial charge in [-0.1, -0.05) is 0 Å².